The van der Waals surface area contributed by atoms with E-state index in [4.69, 9.17) is 0 Å². The molecule has 4 aliphatic rings. The van der Waals surface area contributed by atoms with Gasteiger partial charge in [0.15, 0.2) is 0 Å². The zero-order valence-corrected chi connectivity index (χ0v) is 19.5. The van der Waals surface area contributed by atoms with Crippen LogP contribution in [-0.4, -0.2) is 22.9 Å². The second kappa shape index (κ2) is 8.30. The molecule has 0 aromatic heterocycles. The average Bonchev–Trinajstić information content (AvgIpc) is 3.05. The fraction of sp³-hybridized carbons (Fsp3) is 0.926. The predicted octanol–water partition coefficient (Wildman–Crippen LogP) is 6.36. The van der Waals surface area contributed by atoms with Gasteiger partial charge in [-0.2, -0.15) is 0 Å². The highest BCUT2D eigenvalue weighted by Crippen LogP contribution is 2.67. The van der Waals surface area contributed by atoms with Crippen molar-refractivity contribution in [1.29, 1.82) is 0 Å². The number of aliphatic hydroxyl groups excluding tert-OH is 2. The number of rotatable bonds is 6. The lowest BCUT2D eigenvalue weighted by molar-refractivity contribution is -0.0573. The topological polar surface area (TPSA) is 40.5 Å². The van der Waals surface area contributed by atoms with Crippen molar-refractivity contribution in [3.63, 3.8) is 0 Å². The van der Waals surface area contributed by atoms with E-state index in [1.54, 1.807) is 5.57 Å². The first kappa shape index (κ1) is 21.9. The van der Waals surface area contributed by atoms with Crippen molar-refractivity contribution in [3.8, 4) is 0 Å². The summed E-state index contributed by atoms with van der Waals surface area (Å²) in [7, 11) is 0. The number of aliphatic hydroxyl groups is 2. The Balaban J connectivity index is 1.46. The van der Waals surface area contributed by atoms with Gasteiger partial charge in [-0.25, -0.2) is 0 Å². The highest BCUT2D eigenvalue weighted by Gasteiger charge is 2.59. The van der Waals surface area contributed by atoms with Gasteiger partial charge in [0.05, 0.1) is 6.10 Å². The highest BCUT2D eigenvalue weighted by molar-refractivity contribution is 5.25. The number of fused-ring (bicyclic) bond motifs is 5. The van der Waals surface area contributed by atoms with E-state index in [1.807, 2.05) is 0 Å². The Labute approximate surface area is 179 Å². The Morgan fingerprint density at radius 3 is 2.59 bits per heavy atom. The van der Waals surface area contributed by atoms with Crippen LogP contribution in [-0.2, 0) is 0 Å². The Morgan fingerprint density at radius 2 is 1.83 bits per heavy atom. The predicted molar refractivity (Wildman–Crippen MR) is 120 cm³/mol. The van der Waals surface area contributed by atoms with E-state index in [0.717, 1.165) is 42.4 Å². The van der Waals surface area contributed by atoms with Crippen LogP contribution in [0, 0.1) is 46.3 Å². The summed E-state index contributed by atoms with van der Waals surface area (Å²) >= 11 is 0. The van der Waals surface area contributed by atoms with E-state index < -0.39 is 0 Å². The molecule has 4 rings (SSSR count). The molecule has 0 bridgehead atoms. The van der Waals surface area contributed by atoms with Crippen molar-refractivity contribution < 1.29 is 10.2 Å². The Bertz CT molecular complexity index is 612. The highest BCUT2D eigenvalue weighted by atomic mass is 16.3. The van der Waals surface area contributed by atoms with Gasteiger partial charge >= 0.3 is 0 Å². The summed E-state index contributed by atoms with van der Waals surface area (Å²) < 4.78 is 0. The van der Waals surface area contributed by atoms with E-state index in [2.05, 4.69) is 33.8 Å². The van der Waals surface area contributed by atoms with Gasteiger partial charge in [0, 0.05) is 6.61 Å². The number of hydrogen-bond donors (Lipinski definition) is 2. The maximum Gasteiger partial charge on any atom is 0.0577 e. The molecule has 0 saturated heterocycles. The molecule has 2 heteroatoms. The Hall–Kier alpha value is -0.340. The van der Waals surface area contributed by atoms with Crippen molar-refractivity contribution >= 4 is 0 Å². The molecule has 166 valence electrons. The molecular formula is C27H46O2. The van der Waals surface area contributed by atoms with Gasteiger partial charge in [-0.15, -0.1) is 0 Å². The third-order valence-electron chi connectivity index (χ3n) is 10.5. The SMILES string of the molecule is CC(CO)CCC[C@@H](C)[C@H]1CC[C@H]2[C@@H]3CC=C4CC(O)CC[C@]4(C)[C@H]3CC[C@]12C. The van der Waals surface area contributed by atoms with Crippen molar-refractivity contribution in [2.24, 2.45) is 46.3 Å². The van der Waals surface area contributed by atoms with E-state index in [1.165, 1.54) is 57.8 Å². The molecule has 2 N–H and O–H groups in total. The van der Waals surface area contributed by atoms with Crippen LogP contribution in [0.3, 0.4) is 0 Å². The minimum absolute atomic E-state index is 0.0926. The first-order valence-electron chi connectivity index (χ1n) is 12.8. The van der Waals surface area contributed by atoms with E-state index >= 15 is 0 Å². The normalized spacial score (nSPS) is 46.3. The number of allylic oxidation sites excluding steroid dienone is 1. The van der Waals surface area contributed by atoms with Crippen LogP contribution in [0.25, 0.3) is 0 Å². The van der Waals surface area contributed by atoms with Crippen molar-refractivity contribution in [2.45, 2.75) is 104 Å². The maximum absolute atomic E-state index is 10.2. The van der Waals surface area contributed by atoms with E-state index in [9.17, 15) is 10.2 Å². The summed E-state index contributed by atoms with van der Waals surface area (Å²) in [5.74, 6) is 4.82. The summed E-state index contributed by atoms with van der Waals surface area (Å²) in [6.07, 6.45) is 16.4. The van der Waals surface area contributed by atoms with Crippen LogP contribution >= 0.6 is 0 Å². The Kier molecular flexibility index (Phi) is 6.26. The second-order valence-electron chi connectivity index (χ2n) is 12.1. The first-order valence-corrected chi connectivity index (χ1v) is 12.8. The first-order chi connectivity index (χ1) is 13.8. The summed E-state index contributed by atoms with van der Waals surface area (Å²) in [4.78, 5) is 0. The fourth-order valence-electron chi connectivity index (χ4n) is 8.70. The molecule has 0 spiro atoms. The molecule has 2 nitrogen and oxygen atoms in total. The average molecular weight is 403 g/mol. The Morgan fingerprint density at radius 1 is 1.03 bits per heavy atom. The van der Waals surface area contributed by atoms with Crippen molar-refractivity contribution in [1.82, 2.24) is 0 Å². The van der Waals surface area contributed by atoms with Crippen molar-refractivity contribution in [2.75, 3.05) is 6.61 Å². The standard InChI is InChI=1S/C27H46O2/c1-18(17-28)6-5-7-19(2)23-10-11-24-22-9-8-20-16-21(29)12-14-26(20,3)25(22)13-15-27(23,24)4/h8,18-19,21-25,28-29H,5-7,9-17H2,1-4H3/t18?,19-,21?,22+,23-,24+,25+,26+,27-/m1/s1. The molecule has 3 saturated carbocycles. The molecular weight excluding hydrogens is 356 g/mol. The van der Waals surface area contributed by atoms with Crippen LogP contribution in [0.4, 0.5) is 0 Å². The van der Waals surface area contributed by atoms with Crippen LogP contribution < -0.4 is 0 Å². The summed E-state index contributed by atoms with van der Waals surface area (Å²) in [6.45, 7) is 10.2. The smallest absolute Gasteiger partial charge is 0.0577 e. The molecule has 0 amide bonds. The molecule has 2 unspecified atom stereocenters. The maximum atomic E-state index is 10.2. The molecule has 0 aromatic carbocycles. The van der Waals surface area contributed by atoms with Gasteiger partial charge < -0.3 is 10.2 Å². The molecule has 29 heavy (non-hydrogen) atoms. The largest absolute Gasteiger partial charge is 0.396 e. The zero-order chi connectivity index (χ0) is 20.8. The van der Waals surface area contributed by atoms with E-state index in [-0.39, 0.29) is 6.10 Å². The van der Waals surface area contributed by atoms with Gasteiger partial charge in [-0.3, -0.25) is 0 Å². The van der Waals surface area contributed by atoms with Gasteiger partial charge in [-0.1, -0.05) is 52.2 Å². The summed E-state index contributed by atoms with van der Waals surface area (Å²) in [5, 5.41) is 19.5. The second-order valence-corrected chi connectivity index (χ2v) is 12.1. The fourth-order valence-corrected chi connectivity index (χ4v) is 8.70. The monoisotopic (exact) mass is 402 g/mol. The van der Waals surface area contributed by atoms with Gasteiger partial charge in [-0.05, 0) is 104 Å². The van der Waals surface area contributed by atoms with Gasteiger partial charge in [0.25, 0.3) is 0 Å². The van der Waals surface area contributed by atoms with E-state index in [0.29, 0.717) is 23.4 Å². The molecule has 3 fully saturated rings. The minimum Gasteiger partial charge on any atom is -0.396 e. The summed E-state index contributed by atoms with van der Waals surface area (Å²) in [5.41, 5.74) is 2.51. The lowest BCUT2D eigenvalue weighted by Gasteiger charge is -2.58. The lowest BCUT2D eigenvalue weighted by Crippen LogP contribution is -2.50. The molecule has 4 aliphatic carbocycles. The molecule has 0 radical (unpaired) electrons. The molecule has 0 heterocycles. The molecule has 0 aromatic rings. The minimum atomic E-state index is -0.0926. The summed E-state index contributed by atoms with van der Waals surface area (Å²) in [6, 6.07) is 0. The third kappa shape index (κ3) is 3.75. The van der Waals surface area contributed by atoms with Gasteiger partial charge in [0.1, 0.15) is 0 Å². The molecule has 9 atom stereocenters. The van der Waals surface area contributed by atoms with Crippen molar-refractivity contribution in [3.05, 3.63) is 11.6 Å². The third-order valence-corrected chi connectivity index (χ3v) is 10.5. The quantitative estimate of drug-likeness (QED) is 0.507. The van der Waals surface area contributed by atoms with Gasteiger partial charge in [0.2, 0.25) is 0 Å². The van der Waals surface area contributed by atoms with Crippen LogP contribution in [0.2, 0.25) is 0 Å². The van der Waals surface area contributed by atoms with Crippen LogP contribution in [0.5, 0.6) is 0 Å². The van der Waals surface area contributed by atoms with Crippen LogP contribution in [0.15, 0.2) is 11.6 Å². The van der Waals surface area contributed by atoms with Crippen LogP contribution in [0.1, 0.15) is 98.3 Å². The lowest BCUT2D eigenvalue weighted by atomic mass is 9.47. The molecule has 0 aliphatic heterocycles. The zero-order valence-electron chi connectivity index (χ0n) is 19.5. The number of hydrogen-bond acceptors (Lipinski definition) is 2.